The van der Waals surface area contributed by atoms with E-state index in [-0.39, 0.29) is 11.9 Å². The summed E-state index contributed by atoms with van der Waals surface area (Å²) in [6, 6.07) is 7.79. The fourth-order valence-corrected chi connectivity index (χ4v) is 4.38. The van der Waals surface area contributed by atoms with E-state index in [1.165, 1.54) is 16.9 Å². The number of amides is 1. The van der Waals surface area contributed by atoms with E-state index in [0.29, 0.717) is 0 Å². The summed E-state index contributed by atoms with van der Waals surface area (Å²) in [6.07, 6.45) is 3.31. The largest absolute Gasteiger partial charge is 0.497 e. The molecule has 3 rings (SSSR count). The van der Waals surface area contributed by atoms with E-state index in [1.54, 1.807) is 18.4 Å². The van der Waals surface area contributed by atoms with Crippen LogP contribution in [0.25, 0.3) is 0 Å². The lowest BCUT2D eigenvalue weighted by Gasteiger charge is -2.20. The van der Waals surface area contributed by atoms with Crippen molar-refractivity contribution in [1.82, 2.24) is 5.32 Å². The molecule has 4 heteroatoms. The summed E-state index contributed by atoms with van der Waals surface area (Å²) in [6.45, 7) is 4.29. The van der Waals surface area contributed by atoms with Gasteiger partial charge in [0, 0.05) is 10.3 Å². The first-order chi connectivity index (χ1) is 11.1. The van der Waals surface area contributed by atoms with Crippen LogP contribution in [0.5, 0.6) is 5.75 Å². The van der Waals surface area contributed by atoms with Crippen LogP contribution in [-0.4, -0.2) is 13.0 Å². The lowest BCUT2D eigenvalue weighted by atomic mass is 9.88. The first-order valence-corrected chi connectivity index (χ1v) is 9.00. The third-order valence-electron chi connectivity index (χ3n) is 4.59. The molecular weight excluding hydrogens is 306 g/mol. The molecule has 1 aliphatic rings. The molecule has 0 aliphatic heterocycles. The van der Waals surface area contributed by atoms with Gasteiger partial charge in [0.1, 0.15) is 5.75 Å². The highest BCUT2D eigenvalue weighted by molar-refractivity contribution is 7.10. The van der Waals surface area contributed by atoms with E-state index in [0.717, 1.165) is 35.6 Å². The average molecular weight is 329 g/mol. The maximum atomic E-state index is 12.7. The third-order valence-corrected chi connectivity index (χ3v) is 5.64. The van der Waals surface area contributed by atoms with Crippen molar-refractivity contribution in [2.45, 2.75) is 39.2 Å². The minimum Gasteiger partial charge on any atom is -0.497 e. The predicted octanol–water partition coefficient (Wildman–Crippen LogP) is 4.37. The highest BCUT2D eigenvalue weighted by Gasteiger charge is 2.24. The zero-order chi connectivity index (χ0) is 16.4. The van der Waals surface area contributed by atoms with Crippen molar-refractivity contribution < 1.29 is 9.53 Å². The average Bonchev–Trinajstić information content (AvgIpc) is 2.97. The molecule has 0 spiro atoms. The molecule has 0 bridgehead atoms. The molecule has 2 aromatic rings. The molecule has 1 N–H and O–H groups in total. The predicted molar refractivity (Wildman–Crippen MR) is 94.4 cm³/mol. The molecule has 1 heterocycles. The molecule has 2 atom stereocenters. The number of benzene rings is 1. The van der Waals surface area contributed by atoms with Crippen LogP contribution in [0.2, 0.25) is 0 Å². The van der Waals surface area contributed by atoms with Gasteiger partial charge >= 0.3 is 0 Å². The smallest absolute Gasteiger partial charge is 0.252 e. The molecule has 0 fully saturated rings. The highest BCUT2D eigenvalue weighted by atomic mass is 32.1. The van der Waals surface area contributed by atoms with Gasteiger partial charge < -0.3 is 10.1 Å². The summed E-state index contributed by atoms with van der Waals surface area (Å²) in [7, 11) is 1.65. The van der Waals surface area contributed by atoms with Gasteiger partial charge in [-0.1, -0.05) is 19.1 Å². The van der Waals surface area contributed by atoms with Gasteiger partial charge in [-0.2, -0.15) is 0 Å². The van der Waals surface area contributed by atoms with Crippen molar-refractivity contribution >= 4 is 17.2 Å². The van der Waals surface area contributed by atoms with Gasteiger partial charge in [-0.25, -0.2) is 0 Å². The second kappa shape index (κ2) is 6.75. The Balaban J connectivity index is 1.74. The SMILES string of the molecule is COc1cccc([C@@H](C)NC(=O)c2csc3c2CC[C@H](C)C3)c1. The van der Waals surface area contributed by atoms with Gasteiger partial charge in [-0.3, -0.25) is 4.79 Å². The van der Waals surface area contributed by atoms with Crippen LogP contribution < -0.4 is 10.1 Å². The van der Waals surface area contributed by atoms with E-state index in [2.05, 4.69) is 12.2 Å². The van der Waals surface area contributed by atoms with Crippen molar-refractivity contribution in [3.8, 4) is 5.75 Å². The number of nitrogens with one attached hydrogen (secondary N) is 1. The van der Waals surface area contributed by atoms with Gasteiger partial charge in [0.05, 0.1) is 18.7 Å². The highest BCUT2D eigenvalue weighted by Crippen LogP contribution is 2.33. The first-order valence-electron chi connectivity index (χ1n) is 8.12. The second-order valence-corrected chi connectivity index (χ2v) is 7.34. The van der Waals surface area contributed by atoms with Crippen molar-refractivity contribution in [2.24, 2.45) is 5.92 Å². The number of hydrogen-bond acceptors (Lipinski definition) is 3. The van der Waals surface area contributed by atoms with Crippen LogP contribution in [0.1, 0.15) is 52.7 Å². The van der Waals surface area contributed by atoms with Gasteiger partial charge in [0.15, 0.2) is 0 Å². The molecular formula is C19H23NO2S. The van der Waals surface area contributed by atoms with Crippen LogP contribution in [0.3, 0.4) is 0 Å². The number of thiophene rings is 1. The Bertz CT molecular complexity index is 707. The van der Waals surface area contributed by atoms with E-state index in [1.807, 2.05) is 36.6 Å². The van der Waals surface area contributed by atoms with Crippen LogP contribution in [-0.2, 0) is 12.8 Å². The summed E-state index contributed by atoms with van der Waals surface area (Å²) in [5.41, 5.74) is 3.19. The standard InChI is InChI=1S/C19H23NO2S/c1-12-7-8-16-17(11-23-18(16)9-12)19(21)20-13(2)14-5-4-6-15(10-14)22-3/h4-6,10-13H,7-9H2,1-3H3,(H,20,21)/t12-,13+/m0/s1. The van der Waals surface area contributed by atoms with Gasteiger partial charge in [-0.15, -0.1) is 11.3 Å². The normalized spacial score (nSPS) is 18.1. The van der Waals surface area contributed by atoms with E-state index in [9.17, 15) is 4.79 Å². The van der Waals surface area contributed by atoms with Crippen LogP contribution >= 0.6 is 11.3 Å². The Kier molecular flexibility index (Phi) is 4.71. The molecule has 3 nitrogen and oxygen atoms in total. The minimum atomic E-state index is -0.0457. The van der Waals surface area contributed by atoms with Gasteiger partial charge in [0.2, 0.25) is 0 Å². The van der Waals surface area contributed by atoms with Gasteiger partial charge in [-0.05, 0) is 55.4 Å². The Labute approximate surface area is 141 Å². The van der Waals surface area contributed by atoms with Crippen molar-refractivity contribution in [1.29, 1.82) is 0 Å². The molecule has 122 valence electrons. The number of hydrogen-bond donors (Lipinski definition) is 1. The minimum absolute atomic E-state index is 0.0346. The fourth-order valence-electron chi connectivity index (χ4n) is 3.14. The van der Waals surface area contributed by atoms with Crippen LogP contribution in [0, 0.1) is 5.92 Å². The molecule has 1 aromatic heterocycles. The zero-order valence-corrected chi connectivity index (χ0v) is 14.7. The maximum Gasteiger partial charge on any atom is 0.252 e. The third kappa shape index (κ3) is 3.42. The van der Waals surface area contributed by atoms with Crippen molar-refractivity contribution in [3.63, 3.8) is 0 Å². The molecule has 1 aliphatic carbocycles. The Morgan fingerprint density at radius 3 is 3.04 bits per heavy atom. The van der Waals surface area contributed by atoms with Crippen LogP contribution in [0.4, 0.5) is 0 Å². The van der Waals surface area contributed by atoms with E-state index in [4.69, 9.17) is 4.74 Å². The summed E-state index contributed by atoms with van der Waals surface area (Å²) in [5, 5.41) is 5.15. The maximum absolute atomic E-state index is 12.7. The first kappa shape index (κ1) is 16.1. The van der Waals surface area contributed by atoms with Crippen molar-refractivity contribution in [3.05, 3.63) is 51.2 Å². The number of rotatable bonds is 4. The molecule has 1 amide bonds. The number of methoxy groups -OCH3 is 1. The Morgan fingerprint density at radius 1 is 1.43 bits per heavy atom. The summed E-state index contributed by atoms with van der Waals surface area (Å²) >= 11 is 1.73. The molecule has 1 aromatic carbocycles. The molecule has 23 heavy (non-hydrogen) atoms. The van der Waals surface area contributed by atoms with Gasteiger partial charge in [0.25, 0.3) is 5.91 Å². The van der Waals surface area contributed by atoms with E-state index >= 15 is 0 Å². The zero-order valence-electron chi connectivity index (χ0n) is 13.9. The number of fused-ring (bicyclic) bond motifs is 1. The monoisotopic (exact) mass is 329 g/mol. The second-order valence-electron chi connectivity index (χ2n) is 6.37. The Morgan fingerprint density at radius 2 is 2.26 bits per heavy atom. The van der Waals surface area contributed by atoms with E-state index < -0.39 is 0 Å². The summed E-state index contributed by atoms with van der Waals surface area (Å²) in [5.74, 6) is 1.57. The van der Waals surface area contributed by atoms with Crippen LogP contribution in [0.15, 0.2) is 29.6 Å². The summed E-state index contributed by atoms with van der Waals surface area (Å²) in [4.78, 5) is 14.1. The topological polar surface area (TPSA) is 38.3 Å². The number of carbonyl (C=O) groups is 1. The molecule has 0 radical (unpaired) electrons. The lowest BCUT2D eigenvalue weighted by molar-refractivity contribution is 0.0939. The fraction of sp³-hybridized carbons (Fsp3) is 0.421. The van der Waals surface area contributed by atoms with Crippen molar-refractivity contribution in [2.75, 3.05) is 7.11 Å². The number of carbonyl (C=O) groups excluding carboxylic acids is 1. The quantitative estimate of drug-likeness (QED) is 0.904. The lowest BCUT2D eigenvalue weighted by Crippen LogP contribution is -2.27. The molecule has 0 saturated heterocycles. The summed E-state index contributed by atoms with van der Waals surface area (Å²) < 4.78 is 5.26. The molecule has 0 unspecified atom stereocenters. The molecule has 0 saturated carbocycles. The Hall–Kier alpha value is -1.81. The number of ether oxygens (including phenoxy) is 1.